The second-order valence-electron chi connectivity index (χ2n) is 5.68. The quantitative estimate of drug-likeness (QED) is 0.848. The summed E-state index contributed by atoms with van der Waals surface area (Å²) in [6, 6.07) is 3.91. The van der Waals surface area contributed by atoms with Gasteiger partial charge < -0.3 is 14.6 Å². The number of anilines is 1. The van der Waals surface area contributed by atoms with Crippen LogP contribution in [0.4, 0.5) is 5.82 Å². The van der Waals surface area contributed by atoms with Gasteiger partial charge in [-0.1, -0.05) is 12.1 Å². The molecule has 1 fully saturated rings. The maximum atomic E-state index is 5.91. The molecule has 1 saturated heterocycles. The summed E-state index contributed by atoms with van der Waals surface area (Å²) in [4.78, 5) is 4.26. The molecule has 1 aromatic rings. The zero-order valence-electron chi connectivity index (χ0n) is 12.2. The molecule has 1 aliphatic rings. The minimum Gasteiger partial charge on any atom is -0.400 e. The molecule has 0 amide bonds. The predicted octanol–water partition coefficient (Wildman–Crippen LogP) is 2.77. The van der Waals surface area contributed by atoms with E-state index in [1.807, 2.05) is 58.9 Å². The average Bonchev–Trinajstić information content (AvgIpc) is 2.55. The zero-order chi connectivity index (χ0) is 14.1. The number of hydrogen-bond donors (Lipinski definition) is 1. The van der Waals surface area contributed by atoms with Gasteiger partial charge in [-0.15, -0.1) is 0 Å². The highest BCUT2D eigenvalue weighted by Crippen LogP contribution is 2.37. The summed E-state index contributed by atoms with van der Waals surface area (Å²) >= 11 is 0. The molecule has 1 N–H and O–H groups in total. The Bertz CT molecular complexity index is 470. The van der Waals surface area contributed by atoms with E-state index in [0.29, 0.717) is 0 Å². The van der Waals surface area contributed by atoms with E-state index >= 15 is 0 Å². The Balaban J connectivity index is 2.13. The first-order valence-electron chi connectivity index (χ1n) is 6.52. The fourth-order valence-electron chi connectivity index (χ4n) is 1.91. The van der Waals surface area contributed by atoms with Gasteiger partial charge in [0.25, 0.3) is 0 Å². The Morgan fingerprint density at radius 2 is 1.84 bits per heavy atom. The Hall–Kier alpha value is -1.33. The van der Waals surface area contributed by atoms with Gasteiger partial charge in [-0.2, -0.15) is 0 Å². The highest BCUT2D eigenvalue weighted by atomic mass is 16.7. The molecule has 102 valence electrons. The lowest BCUT2D eigenvalue weighted by Crippen LogP contribution is -2.41. The summed E-state index contributed by atoms with van der Waals surface area (Å²) in [5.74, 6) is 2.77. The second-order valence-corrected chi connectivity index (χ2v) is 5.68. The van der Waals surface area contributed by atoms with Crippen LogP contribution in [0, 0.1) is 0 Å². The van der Waals surface area contributed by atoms with Gasteiger partial charge in [0, 0.05) is 18.8 Å². The van der Waals surface area contributed by atoms with Gasteiger partial charge in [-0.3, -0.25) is 0 Å². The van der Waals surface area contributed by atoms with E-state index in [2.05, 4.69) is 10.3 Å². The molecule has 0 aromatic carbocycles. The SMILES string of the molecule is CNc1ncccc1/C=C/B1OC(C)(C)C(C)(C)O1. The van der Waals surface area contributed by atoms with Crippen LogP contribution in [0.15, 0.2) is 24.3 Å². The Kier molecular flexibility index (Phi) is 3.70. The lowest BCUT2D eigenvalue weighted by atomic mass is 9.89. The molecule has 0 aliphatic carbocycles. The number of aromatic nitrogens is 1. The molecule has 1 aromatic heterocycles. The van der Waals surface area contributed by atoms with E-state index in [9.17, 15) is 0 Å². The molecule has 19 heavy (non-hydrogen) atoms. The molecular weight excluding hydrogens is 239 g/mol. The van der Waals surface area contributed by atoms with Crippen molar-refractivity contribution in [2.75, 3.05) is 12.4 Å². The van der Waals surface area contributed by atoms with Crippen molar-refractivity contribution < 1.29 is 9.31 Å². The average molecular weight is 260 g/mol. The monoisotopic (exact) mass is 260 g/mol. The Labute approximate surface area is 115 Å². The highest BCUT2D eigenvalue weighted by molar-refractivity contribution is 6.52. The summed E-state index contributed by atoms with van der Waals surface area (Å²) in [7, 11) is 1.53. The molecule has 5 heteroatoms. The summed E-state index contributed by atoms with van der Waals surface area (Å²) in [6.45, 7) is 8.18. The lowest BCUT2D eigenvalue weighted by molar-refractivity contribution is 0.00578. The third-order valence-corrected chi connectivity index (χ3v) is 3.78. The smallest absolute Gasteiger partial charge is 0.400 e. The van der Waals surface area contributed by atoms with Crippen molar-refractivity contribution >= 4 is 19.0 Å². The molecule has 0 bridgehead atoms. The first-order chi connectivity index (χ1) is 8.86. The van der Waals surface area contributed by atoms with Crippen LogP contribution in [0.1, 0.15) is 33.3 Å². The van der Waals surface area contributed by atoms with E-state index in [1.165, 1.54) is 0 Å². The largest absolute Gasteiger partial charge is 0.487 e. The lowest BCUT2D eigenvalue weighted by Gasteiger charge is -2.32. The molecule has 0 unspecified atom stereocenters. The third-order valence-electron chi connectivity index (χ3n) is 3.78. The molecule has 2 rings (SSSR count). The van der Waals surface area contributed by atoms with Crippen molar-refractivity contribution in [1.29, 1.82) is 0 Å². The van der Waals surface area contributed by atoms with Crippen LogP contribution in [0.2, 0.25) is 0 Å². The van der Waals surface area contributed by atoms with Gasteiger partial charge in [-0.05, 0) is 39.8 Å². The number of rotatable bonds is 3. The summed E-state index contributed by atoms with van der Waals surface area (Å²) in [5.41, 5.74) is 0.408. The summed E-state index contributed by atoms with van der Waals surface area (Å²) in [6.07, 6.45) is 3.74. The predicted molar refractivity (Wildman–Crippen MR) is 78.9 cm³/mol. The molecule has 0 saturated carbocycles. The molecule has 2 heterocycles. The topological polar surface area (TPSA) is 43.4 Å². The first kappa shape index (κ1) is 14.1. The van der Waals surface area contributed by atoms with Crippen molar-refractivity contribution in [3.8, 4) is 0 Å². The second kappa shape index (κ2) is 4.98. The van der Waals surface area contributed by atoms with Gasteiger partial charge in [0.2, 0.25) is 0 Å². The van der Waals surface area contributed by atoms with Gasteiger partial charge in [0.05, 0.1) is 11.2 Å². The van der Waals surface area contributed by atoms with Crippen LogP contribution >= 0.6 is 0 Å². The van der Waals surface area contributed by atoms with Crippen molar-refractivity contribution in [1.82, 2.24) is 4.98 Å². The van der Waals surface area contributed by atoms with Gasteiger partial charge >= 0.3 is 7.12 Å². The highest BCUT2D eigenvalue weighted by Gasteiger charge is 2.49. The first-order valence-corrected chi connectivity index (χ1v) is 6.52. The van der Waals surface area contributed by atoms with Gasteiger partial charge in [0.15, 0.2) is 0 Å². The molecule has 0 spiro atoms. The maximum Gasteiger partial charge on any atom is 0.487 e. The fourth-order valence-corrected chi connectivity index (χ4v) is 1.91. The molecule has 4 nitrogen and oxygen atoms in total. The Morgan fingerprint density at radius 1 is 1.21 bits per heavy atom. The minimum absolute atomic E-state index is 0.303. The third kappa shape index (κ3) is 2.82. The van der Waals surface area contributed by atoms with Crippen LogP contribution < -0.4 is 5.32 Å². The van der Waals surface area contributed by atoms with Gasteiger partial charge in [0.1, 0.15) is 5.82 Å². The van der Waals surface area contributed by atoms with E-state index < -0.39 is 0 Å². The van der Waals surface area contributed by atoms with E-state index in [-0.39, 0.29) is 18.3 Å². The number of hydrogen-bond acceptors (Lipinski definition) is 4. The van der Waals surface area contributed by atoms with E-state index in [1.54, 1.807) is 6.20 Å². The van der Waals surface area contributed by atoms with Crippen LogP contribution in [0.25, 0.3) is 6.08 Å². The molecule has 0 atom stereocenters. The number of nitrogens with zero attached hydrogens (tertiary/aromatic N) is 1. The summed E-state index contributed by atoms with van der Waals surface area (Å²) in [5, 5.41) is 3.06. The van der Waals surface area contributed by atoms with Crippen LogP contribution in [-0.2, 0) is 9.31 Å². The maximum absolute atomic E-state index is 5.91. The fraction of sp³-hybridized carbons (Fsp3) is 0.500. The van der Waals surface area contributed by atoms with Crippen molar-refractivity contribution in [2.24, 2.45) is 0 Å². The van der Waals surface area contributed by atoms with Crippen molar-refractivity contribution in [3.63, 3.8) is 0 Å². The minimum atomic E-state index is -0.324. The standard InChI is InChI=1S/C14H21BN2O2/c1-13(2)14(3,4)19-15(18-13)9-8-11-7-6-10-17-12(11)16-5/h6-10H,1-5H3,(H,16,17)/b9-8+. The number of nitrogens with one attached hydrogen (secondary N) is 1. The number of pyridine rings is 1. The summed E-state index contributed by atoms with van der Waals surface area (Å²) < 4.78 is 11.8. The normalized spacial score (nSPS) is 21.0. The van der Waals surface area contributed by atoms with E-state index in [4.69, 9.17) is 9.31 Å². The van der Waals surface area contributed by atoms with E-state index in [0.717, 1.165) is 11.4 Å². The van der Waals surface area contributed by atoms with Crippen molar-refractivity contribution in [3.05, 3.63) is 29.9 Å². The molecule has 1 aliphatic heterocycles. The van der Waals surface area contributed by atoms with Crippen molar-refractivity contribution in [2.45, 2.75) is 38.9 Å². The Morgan fingerprint density at radius 3 is 2.42 bits per heavy atom. The van der Waals surface area contributed by atoms with Crippen LogP contribution in [0.5, 0.6) is 0 Å². The molecule has 0 radical (unpaired) electrons. The van der Waals surface area contributed by atoms with Gasteiger partial charge in [-0.25, -0.2) is 4.98 Å². The van der Waals surface area contributed by atoms with Crippen LogP contribution in [-0.4, -0.2) is 30.4 Å². The zero-order valence-corrected chi connectivity index (χ0v) is 12.2. The van der Waals surface area contributed by atoms with Crippen LogP contribution in [0.3, 0.4) is 0 Å². The molecular formula is C14H21BN2O2.